The molecule has 7 heteroatoms. The monoisotopic (exact) mass is 418 g/mol. The van der Waals surface area contributed by atoms with E-state index in [0.29, 0.717) is 6.42 Å². The molecule has 0 saturated carbocycles. The average molecular weight is 418 g/mol. The number of nitrogens with one attached hydrogen (secondary N) is 1. The topological polar surface area (TPSA) is 102 Å². The number of rotatable bonds is 7. The van der Waals surface area contributed by atoms with Crippen molar-refractivity contribution in [1.29, 1.82) is 0 Å². The number of aryl methyl sites for hydroxylation is 2. The van der Waals surface area contributed by atoms with Gasteiger partial charge in [0, 0.05) is 54.7 Å². The Kier molecular flexibility index (Phi) is 5.52. The molecular weight excluding hydrogens is 392 g/mol. The molecule has 160 valence electrons. The largest absolute Gasteiger partial charge is 0.480 e. The number of fused-ring (bicyclic) bond motifs is 2. The number of carbonyl (C=O) groups excluding carboxylic acids is 1. The molecule has 0 radical (unpaired) electrons. The fraction of sp³-hybridized carbons (Fsp3) is 0.250. The van der Waals surface area contributed by atoms with Gasteiger partial charge in [-0.2, -0.15) is 0 Å². The van der Waals surface area contributed by atoms with Gasteiger partial charge in [-0.15, -0.1) is 0 Å². The molecule has 2 unspecified atom stereocenters. The Morgan fingerprint density at radius 2 is 1.39 bits per heavy atom. The van der Waals surface area contributed by atoms with Gasteiger partial charge in [0.15, 0.2) is 0 Å². The van der Waals surface area contributed by atoms with Gasteiger partial charge in [0.2, 0.25) is 5.91 Å². The van der Waals surface area contributed by atoms with Crippen LogP contribution in [0.15, 0.2) is 60.9 Å². The maximum atomic E-state index is 12.8. The number of nitrogens with two attached hydrogens (primary N) is 1. The first-order chi connectivity index (χ1) is 14.8. The summed E-state index contributed by atoms with van der Waals surface area (Å²) in [4.78, 5) is 24.6. The summed E-state index contributed by atoms with van der Waals surface area (Å²) >= 11 is 0. The number of hydrogen-bond donors (Lipinski definition) is 3. The van der Waals surface area contributed by atoms with E-state index in [0.717, 1.165) is 32.9 Å². The van der Waals surface area contributed by atoms with Crippen molar-refractivity contribution in [1.82, 2.24) is 14.5 Å². The number of aliphatic carboxylic acids is 1. The van der Waals surface area contributed by atoms with E-state index in [9.17, 15) is 14.7 Å². The van der Waals surface area contributed by atoms with E-state index < -0.39 is 24.0 Å². The lowest BCUT2D eigenvalue weighted by Gasteiger charge is -2.17. The summed E-state index contributed by atoms with van der Waals surface area (Å²) < 4.78 is 3.95. The van der Waals surface area contributed by atoms with Crippen molar-refractivity contribution in [3.63, 3.8) is 0 Å². The second kappa shape index (κ2) is 8.28. The standard InChI is InChI=1S/C24H26N4O3/c1-27-13-15(17-7-3-5-9-21(17)27)11-19(25)23(29)26-20(24(30)31)12-16-14-28(2)22-10-6-4-8-18(16)22/h3-10,13-14,19-20H,11-12,25H2,1-2H3,(H,26,29)(H,30,31). The fourth-order valence-corrected chi connectivity index (χ4v) is 4.20. The number of carbonyl (C=O) groups is 2. The number of nitrogens with zero attached hydrogens (tertiary/aromatic N) is 2. The highest BCUT2D eigenvalue weighted by atomic mass is 16.4. The van der Waals surface area contributed by atoms with Gasteiger partial charge in [-0.1, -0.05) is 36.4 Å². The summed E-state index contributed by atoms with van der Waals surface area (Å²) in [5.41, 5.74) is 10.1. The van der Waals surface area contributed by atoms with Crippen molar-refractivity contribution in [2.45, 2.75) is 24.9 Å². The minimum absolute atomic E-state index is 0.184. The highest BCUT2D eigenvalue weighted by molar-refractivity contribution is 5.90. The van der Waals surface area contributed by atoms with E-state index in [1.54, 1.807) is 0 Å². The summed E-state index contributed by atoms with van der Waals surface area (Å²) in [6.45, 7) is 0. The first kappa shape index (κ1) is 20.7. The Labute approximate surface area is 180 Å². The molecule has 7 nitrogen and oxygen atoms in total. The molecule has 0 spiro atoms. The molecule has 0 aliphatic carbocycles. The molecule has 4 N–H and O–H groups in total. The fourth-order valence-electron chi connectivity index (χ4n) is 4.20. The van der Waals surface area contributed by atoms with Gasteiger partial charge in [-0.25, -0.2) is 4.79 Å². The van der Waals surface area contributed by atoms with E-state index in [1.165, 1.54) is 0 Å². The van der Waals surface area contributed by atoms with Crippen molar-refractivity contribution in [3.8, 4) is 0 Å². The minimum atomic E-state index is -1.08. The molecule has 0 saturated heterocycles. The van der Waals surface area contributed by atoms with Gasteiger partial charge in [-0.05, 0) is 29.7 Å². The average Bonchev–Trinajstić information content (AvgIpc) is 3.24. The number of aromatic nitrogens is 2. The Morgan fingerprint density at radius 1 is 0.903 bits per heavy atom. The molecule has 0 aliphatic heterocycles. The van der Waals surface area contributed by atoms with E-state index in [1.807, 2.05) is 84.2 Å². The molecule has 0 bridgehead atoms. The number of carboxylic acid groups (broad SMARTS) is 1. The molecule has 2 aromatic carbocycles. The Morgan fingerprint density at radius 3 is 1.90 bits per heavy atom. The molecule has 2 atom stereocenters. The third-order valence-electron chi connectivity index (χ3n) is 5.77. The van der Waals surface area contributed by atoms with Crippen LogP contribution in [-0.2, 0) is 36.5 Å². The summed E-state index contributed by atoms with van der Waals surface area (Å²) in [5, 5.41) is 14.4. The molecule has 4 aromatic rings. The second-order valence-corrected chi connectivity index (χ2v) is 7.98. The number of carboxylic acids is 1. The highest BCUT2D eigenvalue weighted by Crippen LogP contribution is 2.23. The smallest absolute Gasteiger partial charge is 0.326 e. The van der Waals surface area contributed by atoms with Crippen LogP contribution in [-0.4, -0.2) is 38.2 Å². The summed E-state index contributed by atoms with van der Waals surface area (Å²) in [6.07, 6.45) is 4.38. The van der Waals surface area contributed by atoms with Crippen LogP contribution in [0.5, 0.6) is 0 Å². The van der Waals surface area contributed by atoms with Crippen molar-refractivity contribution in [2.24, 2.45) is 19.8 Å². The number of benzene rings is 2. The SMILES string of the molecule is Cn1cc(CC(N)C(=O)NC(Cc2cn(C)c3ccccc23)C(=O)O)c2ccccc21. The predicted octanol–water partition coefficient (Wildman–Crippen LogP) is 2.35. The van der Waals surface area contributed by atoms with Crippen LogP contribution in [0.2, 0.25) is 0 Å². The third kappa shape index (κ3) is 4.04. The lowest BCUT2D eigenvalue weighted by molar-refractivity contribution is -0.141. The third-order valence-corrected chi connectivity index (χ3v) is 5.77. The Balaban J connectivity index is 1.50. The van der Waals surface area contributed by atoms with Crippen molar-refractivity contribution in [2.75, 3.05) is 0 Å². The minimum Gasteiger partial charge on any atom is -0.480 e. The van der Waals surface area contributed by atoms with Crippen LogP contribution < -0.4 is 11.1 Å². The van der Waals surface area contributed by atoms with Gasteiger partial charge in [-0.3, -0.25) is 4.79 Å². The zero-order valence-corrected chi connectivity index (χ0v) is 17.6. The highest BCUT2D eigenvalue weighted by Gasteiger charge is 2.25. The van der Waals surface area contributed by atoms with Crippen LogP contribution >= 0.6 is 0 Å². The molecule has 31 heavy (non-hydrogen) atoms. The molecule has 2 heterocycles. The quantitative estimate of drug-likeness (QED) is 0.429. The molecule has 2 aromatic heterocycles. The van der Waals surface area contributed by atoms with Gasteiger partial charge in [0.25, 0.3) is 0 Å². The van der Waals surface area contributed by atoms with Crippen molar-refractivity contribution in [3.05, 3.63) is 72.1 Å². The second-order valence-electron chi connectivity index (χ2n) is 7.98. The van der Waals surface area contributed by atoms with Crippen LogP contribution in [0.4, 0.5) is 0 Å². The van der Waals surface area contributed by atoms with E-state index in [2.05, 4.69) is 5.32 Å². The van der Waals surface area contributed by atoms with Crippen LogP contribution in [0, 0.1) is 0 Å². The lowest BCUT2D eigenvalue weighted by Crippen LogP contribution is -2.50. The summed E-state index contributed by atoms with van der Waals surface area (Å²) in [5.74, 6) is -1.56. The van der Waals surface area contributed by atoms with Crippen molar-refractivity contribution >= 4 is 33.7 Å². The van der Waals surface area contributed by atoms with Crippen LogP contribution in [0.1, 0.15) is 11.1 Å². The molecule has 4 rings (SSSR count). The first-order valence-corrected chi connectivity index (χ1v) is 10.2. The van der Waals surface area contributed by atoms with E-state index in [-0.39, 0.29) is 6.42 Å². The van der Waals surface area contributed by atoms with Gasteiger partial charge < -0.3 is 25.3 Å². The molecular formula is C24H26N4O3. The predicted molar refractivity (Wildman–Crippen MR) is 121 cm³/mol. The van der Waals surface area contributed by atoms with Crippen LogP contribution in [0.25, 0.3) is 21.8 Å². The van der Waals surface area contributed by atoms with Crippen molar-refractivity contribution < 1.29 is 14.7 Å². The van der Waals surface area contributed by atoms with Crippen LogP contribution in [0.3, 0.4) is 0 Å². The zero-order chi connectivity index (χ0) is 22.1. The number of para-hydroxylation sites is 2. The molecule has 1 amide bonds. The molecule has 0 fully saturated rings. The first-order valence-electron chi connectivity index (χ1n) is 10.2. The summed E-state index contributed by atoms with van der Waals surface area (Å²) in [6, 6.07) is 13.8. The lowest BCUT2D eigenvalue weighted by atomic mass is 10.0. The number of hydrogen-bond acceptors (Lipinski definition) is 3. The molecule has 0 aliphatic rings. The van der Waals surface area contributed by atoms with E-state index in [4.69, 9.17) is 5.73 Å². The Bertz CT molecular complexity index is 1270. The van der Waals surface area contributed by atoms with Gasteiger partial charge in [0.05, 0.1) is 6.04 Å². The Hall–Kier alpha value is -3.58. The van der Waals surface area contributed by atoms with E-state index >= 15 is 0 Å². The number of amides is 1. The normalized spacial score (nSPS) is 13.4. The zero-order valence-electron chi connectivity index (χ0n) is 17.6. The summed E-state index contributed by atoms with van der Waals surface area (Å²) in [7, 11) is 3.86. The van der Waals surface area contributed by atoms with Gasteiger partial charge >= 0.3 is 5.97 Å². The van der Waals surface area contributed by atoms with Gasteiger partial charge in [0.1, 0.15) is 6.04 Å². The maximum absolute atomic E-state index is 12.8. The maximum Gasteiger partial charge on any atom is 0.326 e.